The summed E-state index contributed by atoms with van der Waals surface area (Å²) < 4.78 is 0. The largest absolute Gasteiger partial charge is 0.353 e. The molecular weight excluding hydrogens is 352 g/mol. The van der Waals surface area contributed by atoms with E-state index in [1.54, 1.807) is 4.90 Å². The third-order valence-electron chi connectivity index (χ3n) is 6.47. The molecule has 3 fully saturated rings. The predicted octanol–water partition coefficient (Wildman–Crippen LogP) is 1.32. The van der Waals surface area contributed by atoms with E-state index in [0.29, 0.717) is 19.1 Å². The maximum atomic E-state index is 12.9. The van der Waals surface area contributed by atoms with E-state index in [1.807, 2.05) is 0 Å². The first-order chi connectivity index (χ1) is 13.7. The Kier molecular flexibility index (Phi) is 6.27. The SMILES string of the molecule is O=C1CN(C(=O)[C@H]2CCCN(C3CCN(Cc4ccccc4)CC3)C2)CCN1. The van der Waals surface area contributed by atoms with Crippen molar-refractivity contribution in [3.8, 4) is 0 Å². The number of amides is 2. The summed E-state index contributed by atoms with van der Waals surface area (Å²) in [5.74, 6) is 0.209. The van der Waals surface area contributed by atoms with Crippen molar-refractivity contribution < 1.29 is 9.59 Å². The van der Waals surface area contributed by atoms with Crippen molar-refractivity contribution in [1.82, 2.24) is 20.0 Å². The molecule has 3 aliphatic heterocycles. The normalized spacial score (nSPS) is 25.5. The molecule has 2 amide bonds. The number of nitrogens with zero attached hydrogens (tertiary/aromatic N) is 3. The lowest BCUT2D eigenvalue weighted by Gasteiger charge is -2.43. The number of carbonyl (C=O) groups is 2. The molecule has 1 aromatic carbocycles. The molecule has 0 bridgehead atoms. The van der Waals surface area contributed by atoms with E-state index in [4.69, 9.17) is 0 Å². The van der Waals surface area contributed by atoms with Gasteiger partial charge in [-0.1, -0.05) is 30.3 Å². The molecule has 0 spiro atoms. The van der Waals surface area contributed by atoms with Crippen LogP contribution < -0.4 is 5.32 Å². The summed E-state index contributed by atoms with van der Waals surface area (Å²) in [7, 11) is 0. The van der Waals surface area contributed by atoms with Crippen molar-refractivity contribution in [3.05, 3.63) is 35.9 Å². The van der Waals surface area contributed by atoms with E-state index < -0.39 is 0 Å². The van der Waals surface area contributed by atoms with Gasteiger partial charge in [0, 0.05) is 32.2 Å². The van der Waals surface area contributed by atoms with Gasteiger partial charge in [0.25, 0.3) is 0 Å². The number of carbonyl (C=O) groups excluding carboxylic acids is 2. The molecule has 0 saturated carbocycles. The lowest BCUT2D eigenvalue weighted by Crippen LogP contribution is -2.55. The Morgan fingerprint density at radius 1 is 1.04 bits per heavy atom. The van der Waals surface area contributed by atoms with Gasteiger partial charge in [-0.25, -0.2) is 0 Å². The fourth-order valence-electron chi connectivity index (χ4n) is 4.91. The Morgan fingerprint density at radius 3 is 2.57 bits per heavy atom. The Hall–Kier alpha value is -1.92. The van der Waals surface area contributed by atoms with E-state index in [0.717, 1.165) is 45.6 Å². The number of piperazine rings is 1. The third kappa shape index (κ3) is 4.73. The number of benzene rings is 1. The second-order valence-corrected chi connectivity index (χ2v) is 8.44. The second kappa shape index (κ2) is 9.05. The maximum Gasteiger partial charge on any atom is 0.239 e. The first-order valence-electron chi connectivity index (χ1n) is 10.7. The number of hydrogen-bond donors (Lipinski definition) is 1. The molecule has 3 saturated heterocycles. The van der Waals surface area contributed by atoms with Crippen LogP contribution in [0, 0.1) is 5.92 Å². The van der Waals surface area contributed by atoms with Crippen LogP contribution in [0.15, 0.2) is 30.3 Å². The van der Waals surface area contributed by atoms with Crippen LogP contribution in [0.3, 0.4) is 0 Å². The van der Waals surface area contributed by atoms with Crippen molar-refractivity contribution >= 4 is 11.8 Å². The maximum absolute atomic E-state index is 12.9. The smallest absolute Gasteiger partial charge is 0.239 e. The van der Waals surface area contributed by atoms with Crippen LogP contribution in [0.1, 0.15) is 31.2 Å². The van der Waals surface area contributed by atoms with Gasteiger partial charge >= 0.3 is 0 Å². The van der Waals surface area contributed by atoms with E-state index in [-0.39, 0.29) is 24.3 Å². The molecular formula is C22H32N4O2. The van der Waals surface area contributed by atoms with Gasteiger partial charge in [-0.3, -0.25) is 19.4 Å². The Balaban J connectivity index is 1.27. The highest BCUT2D eigenvalue weighted by atomic mass is 16.2. The molecule has 0 aliphatic carbocycles. The molecule has 0 unspecified atom stereocenters. The minimum atomic E-state index is -0.0296. The average molecular weight is 385 g/mol. The van der Waals surface area contributed by atoms with Crippen LogP contribution in [0.25, 0.3) is 0 Å². The standard InChI is InChI=1S/C22H32N4O2/c27-21-17-26(14-10-23-21)22(28)19-7-4-11-25(16-19)20-8-12-24(13-9-20)15-18-5-2-1-3-6-18/h1-3,5-6,19-20H,4,7-17H2,(H,23,27)/t19-/m0/s1. The average Bonchev–Trinajstić information content (AvgIpc) is 2.75. The zero-order chi connectivity index (χ0) is 19.3. The van der Waals surface area contributed by atoms with E-state index in [1.165, 1.54) is 18.4 Å². The van der Waals surface area contributed by atoms with Gasteiger partial charge in [-0.15, -0.1) is 0 Å². The molecule has 0 aromatic heterocycles. The Bertz CT molecular complexity index is 672. The summed E-state index contributed by atoms with van der Waals surface area (Å²) in [6.07, 6.45) is 4.40. The summed E-state index contributed by atoms with van der Waals surface area (Å²) in [4.78, 5) is 31.4. The van der Waals surface area contributed by atoms with Gasteiger partial charge in [0.15, 0.2) is 0 Å². The van der Waals surface area contributed by atoms with Crippen LogP contribution in [0.2, 0.25) is 0 Å². The lowest BCUT2D eigenvalue weighted by molar-refractivity contribution is -0.143. The summed E-state index contributed by atoms with van der Waals surface area (Å²) in [5.41, 5.74) is 1.38. The van der Waals surface area contributed by atoms with Crippen molar-refractivity contribution in [2.75, 3.05) is 45.8 Å². The molecule has 4 rings (SSSR count). The van der Waals surface area contributed by atoms with Gasteiger partial charge in [0.1, 0.15) is 0 Å². The van der Waals surface area contributed by atoms with Crippen molar-refractivity contribution in [3.63, 3.8) is 0 Å². The van der Waals surface area contributed by atoms with Crippen molar-refractivity contribution in [1.29, 1.82) is 0 Å². The Labute approximate surface area is 167 Å². The zero-order valence-electron chi connectivity index (χ0n) is 16.7. The third-order valence-corrected chi connectivity index (χ3v) is 6.47. The number of likely N-dealkylation sites (tertiary alicyclic amines) is 2. The summed E-state index contributed by atoms with van der Waals surface area (Å²) in [6.45, 7) is 6.72. The van der Waals surface area contributed by atoms with E-state index in [2.05, 4.69) is 45.4 Å². The molecule has 0 radical (unpaired) electrons. The molecule has 1 atom stereocenters. The highest BCUT2D eigenvalue weighted by Crippen LogP contribution is 2.25. The molecule has 1 N–H and O–H groups in total. The highest BCUT2D eigenvalue weighted by Gasteiger charge is 2.34. The Morgan fingerprint density at radius 2 is 1.82 bits per heavy atom. The minimum absolute atomic E-state index is 0.0296. The van der Waals surface area contributed by atoms with E-state index in [9.17, 15) is 9.59 Å². The molecule has 1 aromatic rings. The zero-order valence-corrected chi connectivity index (χ0v) is 16.7. The van der Waals surface area contributed by atoms with Gasteiger partial charge in [0.2, 0.25) is 11.8 Å². The highest BCUT2D eigenvalue weighted by molar-refractivity contribution is 5.87. The monoisotopic (exact) mass is 384 g/mol. The van der Waals surface area contributed by atoms with Gasteiger partial charge < -0.3 is 10.2 Å². The summed E-state index contributed by atoms with van der Waals surface area (Å²) in [6, 6.07) is 11.3. The molecule has 3 heterocycles. The number of piperidine rings is 2. The van der Waals surface area contributed by atoms with Crippen molar-refractivity contribution in [2.24, 2.45) is 5.92 Å². The van der Waals surface area contributed by atoms with Crippen LogP contribution in [0.4, 0.5) is 0 Å². The second-order valence-electron chi connectivity index (χ2n) is 8.44. The molecule has 6 heteroatoms. The van der Waals surface area contributed by atoms with Crippen molar-refractivity contribution in [2.45, 2.75) is 38.3 Å². The fraction of sp³-hybridized carbons (Fsp3) is 0.636. The lowest BCUT2D eigenvalue weighted by atomic mass is 9.92. The van der Waals surface area contributed by atoms with E-state index >= 15 is 0 Å². The number of rotatable bonds is 4. The minimum Gasteiger partial charge on any atom is -0.353 e. The quantitative estimate of drug-likeness (QED) is 0.851. The van der Waals surface area contributed by atoms with Gasteiger partial charge in [0.05, 0.1) is 12.5 Å². The van der Waals surface area contributed by atoms with Crippen LogP contribution >= 0.6 is 0 Å². The number of nitrogens with one attached hydrogen (secondary N) is 1. The molecule has 3 aliphatic rings. The summed E-state index contributed by atoms with van der Waals surface area (Å²) in [5, 5.41) is 2.80. The fourth-order valence-corrected chi connectivity index (χ4v) is 4.91. The number of hydrogen-bond acceptors (Lipinski definition) is 4. The van der Waals surface area contributed by atoms with Crippen LogP contribution in [-0.4, -0.2) is 78.4 Å². The predicted molar refractivity (Wildman–Crippen MR) is 109 cm³/mol. The molecule has 152 valence electrons. The van der Waals surface area contributed by atoms with Gasteiger partial charge in [-0.2, -0.15) is 0 Å². The molecule has 6 nitrogen and oxygen atoms in total. The van der Waals surface area contributed by atoms with Crippen LogP contribution in [0.5, 0.6) is 0 Å². The topological polar surface area (TPSA) is 55.9 Å². The van der Waals surface area contributed by atoms with Gasteiger partial charge in [-0.05, 0) is 50.9 Å². The molecule has 28 heavy (non-hydrogen) atoms. The first-order valence-corrected chi connectivity index (χ1v) is 10.7. The summed E-state index contributed by atoms with van der Waals surface area (Å²) >= 11 is 0. The van der Waals surface area contributed by atoms with Crippen LogP contribution in [-0.2, 0) is 16.1 Å². The first kappa shape index (κ1) is 19.4.